The smallest absolute Gasteiger partial charge is 0.274 e. The minimum atomic E-state index is -0.0687. The van der Waals surface area contributed by atoms with Gasteiger partial charge in [0.15, 0.2) is 5.69 Å². The molecular formula is C14H23N5O. The van der Waals surface area contributed by atoms with E-state index in [1.54, 1.807) is 17.0 Å². The minimum absolute atomic E-state index is 0.0687. The van der Waals surface area contributed by atoms with Crippen LogP contribution in [0.1, 0.15) is 30.3 Å². The van der Waals surface area contributed by atoms with Gasteiger partial charge in [-0.3, -0.25) is 4.79 Å². The van der Waals surface area contributed by atoms with Crippen LogP contribution in [0.5, 0.6) is 0 Å². The van der Waals surface area contributed by atoms with Gasteiger partial charge in [-0.25, -0.2) is 0 Å². The van der Waals surface area contributed by atoms with Crippen LogP contribution in [0.25, 0.3) is 0 Å². The van der Waals surface area contributed by atoms with Crippen LogP contribution in [0.4, 0.5) is 5.82 Å². The Balaban J connectivity index is 1.95. The number of carbonyl (C=O) groups excluding carboxylic acids is 1. The van der Waals surface area contributed by atoms with E-state index in [4.69, 9.17) is 0 Å². The fraction of sp³-hybridized carbons (Fsp3) is 0.643. The molecule has 1 saturated heterocycles. The zero-order valence-corrected chi connectivity index (χ0v) is 12.5. The van der Waals surface area contributed by atoms with Crippen molar-refractivity contribution in [1.82, 2.24) is 20.0 Å². The summed E-state index contributed by atoms with van der Waals surface area (Å²) < 4.78 is 0. The van der Waals surface area contributed by atoms with E-state index >= 15 is 0 Å². The molecule has 2 heterocycles. The number of nitrogens with one attached hydrogen (secondary N) is 1. The molecule has 0 saturated carbocycles. The number of anilines is 1. The van der Waals surface area contributed by atoms with Crippen molar-refractivity contribution in [3.8, 4) is 0 Å². The van der Waals surface area contributed by atoms with Gasteiger partial charge in [-0.1, -0.05) is 0 Å². The van der Waals surface area contributed by atoms with Gasteiger partial charge >= 0.3 is 0 Å². The summed E-state index contributed by atoms with van der Waals surface area (Å²) in [6, 6.07) is 3.97. The maximum atomic E-state index is 12.3. The Hall–Kier alpha value is -1.69. The minimum Gasteiger partial charge on any atom is -0.369 e. The topological polar surface area (TPSA) is 61.4 Å². The predicted molar refractivity (Wildman–Crippen MR) is 78.8 cm³/mol. The van der Waals surface area contributed by atoms with Gasteiger partial charge in [0.1, 0.15) is 5.82 Å². The standard InChI is InChI=1S/C14H23N5O/c1-4-15-13-8-7-12(16-17-13)14(20)19(3)10-11-6-5-9-18(11)2/h7-8,11H,4-6,9-10H2,1-3H3,(H,15,17). The van der Waals surface area contributed by atoms with Crippen LogP contribution in [0.15, 0.2) is 12.1 Å². The van der Waals surface area contributed by atoms with Gasteiger partial charge in [0.25, 0.3) is 5.91 Å². The zero-order valence-electron chi connectivity index (χ0n) is 12.5. The van der Waals surface area contributed by atoms with Crippen molar-refractivity contribution in [1.29, 1.82) is 0 Å². The molecule has 6 heteroatoms. The van der Waals surface area contributed by atoms with Gasteiger partial charge in [-0.05, 0) is 45.5 Å². The first-order chi connectivity index (χ1) is 9.61. The summed E-state index contributed by atoms with van der Waals surface area (Å²) >= 11 is 0. The molecule has 1 atom stereocenters. The lowest BCUT2D eigenvalue weighted by molar-refractivity contribution is 0.0754. The highest BCUT2D eigenvalue weighted by molar-refractivity contribution is 5.92. The second-order valence-corrected chi connectivity index (χ2v) is 5.30. The van der Waals surface area contributed by atoms with Crippen LogP contribution in [0.3, 0.4) is 0 Å². The van der Waals surface area contributed by atoms with Crippen LogP contribution in [-0.2, 0) is 0 Å². The molecule has 2 rings (SSSR count). The highest BCUT2D eigenvalue weighted by Gasteiger charge is 2.24. The van der Waals surface area contributed by atoms with Crippen LogP contribution in [0.2, 0.25) is 0 Å². The first-order valence-electron chi connectivity index (χ1n) is 7.15. The number of likely N-dealkylation sites (N-methyl/N-ethyl adjacent to an activating group) is 2. The quantitative estimate of drug-likeness (QED) is 0.872. The zero-order chi connectivity index (χ0) is 14.5. The number of carbonyl (C=O) groups is 1. The van der Waals surface area contributed by atoms with Gasteiger partial charge in [0.2, 0.25) is 0 Å². The molecule has 1 amide bonds. The molecular weight excluding hydrogens is 254 g/mol. The first kappa shape index (κ1) is 14.7. The maximum Gasteiger partial charge on any atom is 0.274 e. The molecule has 1 aromatic rings. The molecule has 0 aliphatic carbocycles. The summed E-state index contributed by atoms with van der Waals surface area (Å²) in [5, 5.41) is 11.1. The number of aromatic nitrogens is 2. The average Bonchev–Trinajstić information content (AvgIpc) is 2.85. The molecule has 1 fully saturated rings. The fourth-order valence-electron chi connectivity index (χ4n) is 2.53. The van der Waals surface area contributed by atoms with E-state index in [0.717, 1.165) is 26.1 Å². The Bertz CT molecular complexity index is 447. The molecule has 1 N–H and O–H groups in total. The Morgan fingerprint density at radius 1 is 1.50 bits per heavy atom. The molecule has 0 spiro atoms. The third kappa shape index (κ3) is 3.45. The highest BCUT2D eigenvalue weighted by Crippen LogP contribution is 2.16. The van der Waals surface area contributed by atoms with Crippen LogP contribution in [0, 0.1) is 0 Å². The molecule has 1 aliphatic heterocycles. The monoisotopic (exact) mass is 277 g/mol. The Labute approximate surface area is 120 Å². The van der Waals surface area contributed by atoms with Crippen molar-refractivity contribution in [2.24, 2.45) is 0 Å². The maximum absolute atomic E-state index is 12.3. The lowest BCUT2D eigenvalue weighted by atomic mass is 10.2. The first-order valence-corrected chi connectivity index (χ1v) is 7.15. The van der Waals surface area contributed by atoms with Crippen molar-refractivity contribution >= 4 is 11.7 Å². The molecule has 20 heavy (non-hydrogen) atoms. The lowest BCUT2D eigenvalue weighted by Gasteiger charge is -2.25. The van der Waals surface area contributed by atoms with E-state index in [2.05, 4.69) is 27.5 Å². The van der Waals surface area contributed by atoms with Gasteiger partial charge in [-0.2, -0.15) is 0 Å². The third-order valence-electron chi connectivity index (χ3n) is 3.74. The van der Waals surface area contributed by atoms with Crippen LogP contribution >= 0.6 is 0 Å². The molecule has 6 nitrogen and oxygen atoms in total. The Morgan fingerprint density at radius 3 is 2.85 bits per heavy atom. The van der Waals surface area contributed by atoms with Crippen LogP contribution in [-0.4, -0.2) is 65.7 Å². The molecule has 0 bridgehead atoms. The summed E-state index contributed by atoms with van der Waals surface area (Å²) in [5.41, 5.74) is 0.398. The van der Waals surface area contributed by atoms with Crippen molar-refractivity contribution in [2.75, 3.05) is 39.0 Å². The van der Waals surface area contributed by atoms with E-state index < -0.39 is 0 Å². The predicted octanol–water partition coefficient (Wildman–Crippen LogP) is 1.07. The molecule has 110 valence electrons. The number of amides is 1. The molecule has 1 aliphatic rings. The summed E-state index contributed by atoms with van der Waals surface area (Å²) in [6.07, 6.45) is 2.36. The summed E-state index contributed by atoms with van der Waals surface area (Å²) in [6.45, 7) is 4.64. The van der Waals surface area contributed by atoms with Crippen molar-refractivity contribution in [2.45, 2.75) is 25.8 Å². The number of rotatable bonds is 5. The number of hydrogen-bond donors (Lipinski definition) is 1. The van der Waals surface area contributed by atoms with Gasteiger partial charge in [0, 0.05) is 26.2 Å². The second-order valence-electron chi connectivity index (χ2n) is 5.30. The van der Waals surface area contributed by atoms with Gasteiger partial charge in [-0.15, -0.1) is 10.2 Å². The van der Waals surface area contributed by atoms with Crippen molar-refractivity contribution in [3.05, 3.63) is 17.8 Å². The Morgan fingerprint density at radius 2 is 2.30 bits per heavy atom. The SMILES string of the molecule is CCNc1ccc(C(=O)N(C)CC2CCCN2C)nn1. The number of hydrogen-bond acceptors (Lipinski definition) is 5. The number of likely N-dealkylation sites (tertiary alicyclic amines) is 1. The second kappa shape index (κ2) is 6.65. The summed E-state index contributed by atoms with van der Waals surface area (Å²) in [7, 11) is 3.94. The van der Waals surface area contributed by atoms with Crippen molar-refractivity contribution < 1.29 is 4.79 Å². The van der Waals surface area contributed by atoms with E-state index in [-0.39, 0.29) is 5.91 Å². The average molecular weight is 277 g/mol. The normalized spacial score (nSPS) is 19.1. The lowest BCUT2D eigenvalue weighted by Crippen LogP contribution is -2.39. The fourth-order valence-corrected chi connectivity index (χ4v) is 2.53. The van der Waals surface area contributed by atoms with Gasteiger partial charge in [0.05, 0.1) is 0 Å². The van der Waals surface area contributed by atoms with Crippen LogP contribution < -0.4 is 5.32 Å². The highest BCUT2D eigenvalue weighted by atomic mass is 16.2. The third-order valence-corrected chi connectivity index (χ3v) is 3.74. The van der Waals surface area contributed by atoms with Gasteiger partial charge < -0.3 is 15.1 Å². The summed E-state index contributed by atoms with van der Waals surface area (Å²) in [4.78, 5) is 16.3. The van der Waals surface area contributed by atoms with E-state index in [9.17, 15) is 4.79 Å². The number of nitrogens with zero attached hydrogens (tertiary/aromatic N) is 4. The van der Waals surface area contributed by atoms with Crippen molar-refractivity contribution in [3.63, 3.8) is 0 Å². The largest absolute Gasteiger partial charge is 0.369 e. The van der Waals surface area contributed by atoms with E-state index in [0.29, 0.717) is 17.6 Å². The molecule has 1 unspecified atom stereocenters. The van der Waals surface area contributed by atoms with E-state index in [1.165, 1.54) is 6.42 Å². The molecule has 0 radical (unpaired) electrons. The van der Waals surface area contributed by atoms with E-state index in [1.807, 2.05) is 14.0 Å². The molecule has 0 aromatic carbocycles. The molecule has 1 aromatic heterocycles. The summed E-state index contributed by atoms with van der Waals surface area (Å²) in [5.74, 6) is 0.628. The Kier molecular flexibility index (Phi) is 4.89.